The molecule has 0 aliphatic heterocycles. The lowest BCUT2D eigenvalue weighted by molar-refractivity contribution is -0.138. The molecule has 0 saturated carbocycles. The van der Waals surface area contributed by atoms with Gasteiger partial charge in [0.05, 0.1) is 0 Å². The number of benzene rings is 1. The molecule has 1 aromatic carbocycles. The van der Waals surface area contributed by atoms with Crippen molar-refractivity contribution in [1.29, 1.82) is 0 Å². The molecule has 0 bridgehead atoms. The van der Waals surface area contributed by atoms with Gasteiger partial charge in [-0.15, -0.1) is 0 Å². The summed E-state index contributed by atoms with van der Waals surface area (Å²) in [7, 11) is 0. The largest absolute Gasteiger partial charge is 0.480 e. The van der Waals surface area contributed by atoms with Crippen molar-refractivity contribution in [1.82, 2.24) is 0 Å². The summed E-state index contributed by atoms with van der Waals surface area (Å²) in [6.45, 7) is -2.86. The van der Waals surface area contributed by atoms with Crippen molar-refractivity contribution in [3.05, 3.63) is 29.8 Å². The van der Waals surface area contributed by atoms with E-state index < -0.39 is 18.6 Å². The third-order valence-electron chi connectivity index (χ3n) is 2.34. The second-order valence-corrected chi connectivity index (χ2v) is 4.88. The van der Waals surface area contributed by atoms with Crippen LogP contribution in [-0.2, 0) is 10.5 Å². The van der Waals surface area contributed by atoms with Crippen LogP contribution < -0.4 is 10.5 Å². The Morgan fingerprint density at radius 1 is 1.42 bits per heavy atom. The predicted molar refractivity (Wildman–Crippen MR) is 69.5 cm³/mol. The Morgan fingerprint density at radius 2 is 2.11 bits per heavy atom. The van der Waals surface area contributed by atoms with Crippen molar-refractivity contribution in [2.24, 2.45) is 5.73 Å². The number of rotatable bonds is 8. The lowest BCUT2D eigenvalue weighted by Gasteiger charge is -2.10. The van der Waals surface area contributed by atoms with Crippen LogP contribution in [0.3, 0.4) is 0 Å². The number of hydrogen-bond acceptors (Lipinski definition) is 4. The number of carboxylic acids is 1. The molecule has 0 aliphatic carbocycles. The summed E-state index contributed by atoms with van der Waals surface area (Å²) in [5.74, 6) is 0.112. The summed E-state index contributed by atoms with van der Waals surface area (Å²) in [6, 6.07) is 5.64. The monoisotopic (exact) mass is 291 g/mol. The molecular weight excluding hydrogens is 276 g/mol. The SMILES string of the molecule is NC(CCSCc1ccccc1OC(F)F)C(=O)O. The van der Waals surface area contributed by atoms with E-state index in [1.54, 1.807) is 18.2 Å². The van der Waals surface area contributed by atoms with Gasteiger partial charge in [0.25, 0.3) is 0 Å². The normalized spacial score (nSPS) is 12.4. The smallest absolute Gasteiger partial charge is 0.387 e. The van der Waals surface area contributed by atoms with E-state index in [0.717, 1.165) is 0 Å². The number of carbonyl (C=O) groups is 1. The fourth-order valence-electron chi connectivity index (χ4n) is 1.35. The van der Waals surface area contributed by atoms with Crippen LogP contribution in [0.2, 0.25) is 0 Å². The maximum atomic E-state index is 12.2. The van der Waals surface area contributed by atoms with E-state index in [2.05, 4.69) is 4.74 Å². The van der Waals surface area contributed by atoms with E-state index in [1.165, 1.54) is 17.8 Å². The van der Waals surface area contributed by atoms with Crippen LogP contribution in [0, 0.1) is 0 Å². The van der Waals surface area contributed by atoms with E-state index in [1.807, 2.05) is 0 Å². The van der Waals surface area contributed by atoms with Gasteiger partial charge in [0.1, 0.15) is 11.8 Å². The van der Waals surface area contributed by atoms with Crippen LogP contribution in [0.5, 0.6) is 5.75 Å². The zero-order valence-electron chi connectivity index (χ0n) is 10.1. The molecule has 7 heteroatoms. The number of ether oxygens (including phenoxy) is 1. The minimum absolute atomic E-state index is 0.146. The van der Waals surface area contributed by atoms with Gasteiger partial charge >= 0.3 is 12.6 Å². The number of alkyl halides is 2. The molecule has 4 nitrogen and oxygen atoms in total. The highest BCUT2D eigenvalue weighted by Gasteiger charge is 2.12. The number of carboxylic acid groups (broad SMARTS) is 1. The van der Waals surface area contributed by atoms with Crippen molar-refractivity contribution in [3.63, 3.8) is 0 Å². The molecule has 3 N–H and O–H groups in total. The molecule has 19 heavy (non-hydrogen) atoms. The first-order valence-electron chi connectivity index (χ1n) is 5.59. The van der Waals surface area contributed by atoms with Crippen LogP contribution >= 0.6 is 11.8 Å². The fraction of sp³-hybridized carbons (Fsp3) is 0.417. The predicted octanol–water partition coefficient (Wildman–Crippen LogP) is 2.32. The van der Waals surface area contributed by atoms with Crippen LogP contribution in [0.15, 0.2) is 24.3 Å². The van der Waals surface area contributed by atoms with Crippen molar-refractivity contribution in [3.8, 4) is 5.75 Å². The Labute approximate surface area is 113 Å². The quantitative estimate of drug-likeness (QED) is 0.719. The first-order chi connectivity index (χ1) is 9.00. The number of thioether (sulfide) groups is 1. The topological polar surface area (TPSA) is 72.5 Å². The fourth-order valence-corrected chi connectivity index (χ4v) is 2.37. The molecule has 0 radical (unpaired) electrons. The molecule has 1 rings (SSSR count). The molecule has 0 aromatic heterocycles. The molecule has 1 unspecified atom stereocenters. The maximum Gasteiger partial charge on any atom is 0.387 e. The highest BCUT2D eigenvalue weighted by atomic mass is 32.2. The average molecular weight is 291 g/mol. The Morgan fingerprint density at radius 3 is 2.74 bits per heavy atom. The van der Waals surface area contributed by atoms with E-state index >= 15 is 0 Å². The first kappa shape index (κ1) is 15.7. The minimum atomic E-state index is -2.86. The molecule has 0 saturated heterocycles. The lowest BCUT2D eigenvalue weighted by atomic mass is 10.2. The molecule has 0 fully saturated rings. The molecule has 0 aliphatic rings. The average Bonchev–Trinajstić information content (AvgIpc) is 2.35. The van der Waals surface area contributed by atoms with Gasteiger partial charge in [-0.2, -0.15) is 20.5 Å². The van der Waals surface area contributed by atoms with Gasteiger partial charge in [-0.05, 0) is 18.2 Å². The van der Waals surface area contributed by atoms with Crippen LogP contribution in [0.4, 0.5) is 8.78 Å². The Hall–Kier alpha value is -1.34. The third kappa shape index (κ3) is 5.89. The zero-order valence-corrected chi connectivity index (χ0v) is 10.9. The van der Waals surface area contributed by atoms with Crippen LogP contribution in [0.1, 0.15) is 12.0 Å². The molecule has 1 aromatic rings. The van der Waals surface area contributed by atoms with Gasteiger partial charge in [-0.25, -0.2) is 0 Å². The molecule has 0 spiro atoms. The van der Waals surface area contributed by atoms with Gasteiger partial charge in [0.15, 0.2) is 0 Å². The summed E-state index contributed by atoms with van der Waals surface area (Å²) < 4.78 is 28.7. The van der Waals surface area contributed by atoms with Crippen LogP contribution in [0.25, 0.3) is 0 Å². The number of aliphatic carboxylic acids is 1. The highest BCUT2D eigenvalue weighted by molar-refractivity contribution is 7.98. The number of hydrogen-bond donors (Lipinski definition) is 2. The van der Waals surface area contributed by atoms with E-state index in [-0.39, 0.29) is 5.75 Å². The number of halogens is 2. The summed E-state index contributed by atoms with van der Waals surface area (Å²) >= 11 is 1.43. The van der Waals surface area contributed by atoms with Gasteiger partial charge < -0.3 is 15.6 Å². The van der Waals surface area contributed by atoms with Crippen molar-refractivity contribution >= 4 is 17.7 Å². The van der Waals surface area contributed by atoms with E-state index in [0.29, 0.717) is 23.5 Å². The van der Waals surface area contributed by atoms with Gasteiger partial charge in [0, 0.05) is 11.3 Å². The molecule has 0 amide bonds. The Balaban J connectivity index is 2.42. The molecule has 1 atom stereocenters. The number of para-hydroxylation sites is 1. The number of nitrogens with two attached hydrogens (primary N) is 1. The Bertz CT molecular complexity index is 418. The second-order valence-electron chi connectivity index (χ2n) is 3.77. The Kier molecular flexibility index (Phi) is 6.58. The summed E-state index contributed by atoms with van der Waals surface area (Å²) in [4.78, 5) is 10.5. The highest BCUT2D eigenvalue weighted by Crippen LogP contribution is 2.25. The van der Waals surface area contributed by atoms with E-state index in [4.69, 9.17) is 10.8 Å². The van der Waals surface area contributed by atoms with Gasteiger partial charge in [-0.1, -0.05) is 18.2 Å². The molecule has 106 valence electrons. The summed E-state index contributed by atoms with van der Waals surface area (Å²) in [6.07, 6.45) is 0.331. The minimum Gasteiger partial charge on any atom is -0.480 e. The van der Waals surface area contributed by atoms with Crippen molar-refractivity contribution < 1.29 is 23.4 Å². The van der Waals surface area contributed by atoms with E-state index in [9.17, 15) is 13.6 Å². The molecule has 0 heterocycles. The summed E-state index contributed by atoms with van der Waals surface area (Å²) in [5.41, 5.74) is 6.00. The maximum absolute atomic E-state index is 12.2. The third-order valence-corrected chi connectivity index (χ3v) is 3.38. The first-order valence-corrected chi connectivity index (χ1v) is 6.75. The zero-order chi connectivity index (χ0) is 14.3. The standard InChI is InChI=1S/C12H15F2NO3S/c13-12(14)18-10-4-2-1-3-8(10)7-19-6-5-9(15)11(16)17/h1-4,9,12H,5-7,15H2,(H,16,17). The van der Waals surface area contributed by atoms with Gasteiger partial charge in [0.2, 0.25) is 0 Å². The van der Waals surface area contributed by atoms with Crippen molar-refractivity contribution in [2.75, 3.05) is 5.75 Å². The summed E-state index contributed by atoms with van der Waals surface area (Å²) in [5, 5.41) is 8.60. The molecular formula is C12H15F2NO3S. The second kappa shape index (κ2) is 7.96. The van der Waals surface area contributed by atoms with Crippen molar-refractivity contribution in [2.45, 2.75) is 24.8 Å². The lowest BCUT2D eigenvalue weighted by Crippen LogP contribution is -2.30. The van der Waals surface area contributed by atoms with Crippen LogP contribution in [-0.4, -0.2) is 29.5 Å². The van der Waals surface area contributed by atoms with Gasteiger partial charge in [-0.3, -0.25) is 4.79 Å².